The highest BCUT2D eigenvalue weighted by Gasteiger charge is 2.21. The number of aryl methyl sites for hydroxylation is 2. The van der Waals surface area contributed by atoms with Crippen LogP contribution in [0.3, 0.4) is 0 Å². The van der Waals surface area contributed by atoms with Gasteiger partial charge in [0.2, 0.25) is 23.6 Å². The third-order valence-corrected chi connectivity index (χ3v) is 6.72. The first kappa shape index (κ1) is 21.3. The van der Waals surface area contributed by atoms with Gasteiger partial charge in [-0.1, -0.05) is 45.2 Å². The highest BCUT2D eigenvalue weighted by atomic mass is 32.2. The van der Waals surface area contributed by atoms with Crippen molar-refractivity contribution in [3.05, 3.63) is 23.5 Å². The van der Waals surface area contributed by atoms with E-state index in [1.165, 1.54) is 34.9 Å². The summed E-state index contributed by atoms with van der Waals surface area (Å²) in [5.41, 5.74) is 1.37. The highest BCUT2D eigenvalue weighted by Crippen LogP contribution is 2.33. The van der Waals surface area contributed by atoms with Crippen LogP contribution in [0, 0.1) is 13.8 Å². The lowest BCUT2D eigenvalue weighted by molar-refractivity contribution is -0.116. The molecular weight excluding hydrogens is 436 g/mol. The van der Waals surface area contributed by atoms with Gasteiger partial charge in [-0.2, -0.15) is 0 Å². The molecule has 154 valence electrons. The summed E-state index contributed by atoms with van der Waals surface area (Å²) < 4.78 is 11.2. The Hall–Kier alpha value is -2.38. The number of carbonyl (C=O) groups excluding carboxylic acids is 2. The van der Waals surface area contributed by atoms with Crippen molar-refractivity contribution in [2.75, 3.05) is 10.6 Å². The number of hydrogen-bond donors (Lipinski definition) is 2. The molecule has 2 atom stereocenters. The Bertz CT molecular complexity index is 924. The van der Waals surface area contributed by atoms with Gasteiger partial charge in [-0.25, -0.2) is 0 Å². The van der Waals surface area contributed by atoms with Crippen LogP contribution in [0.2, 0.25) is 0 Å². The molecule has 0 aromatic carbocycles. The van der Waals surface area contributed by atoms with E-state index in [1.807, 2.05) is 0 Å². The van der Waals surface area contributed by atoms with Gasteiger partial charge in [-0.05, 0) is 27.7 Å². The van der Waals surface area contributed by atoms with Crippen LogP contribution < -0.4 is 10.6 Å². The molecule has 0 aliphatic heterocycles. The molecule has 3 aromatic rings. The topological polar surface area (TPSA) is 136 Å². The van der Waals surface area contributed by atoms with Crippen molar-refractivity contribution in [3.8, 4) is 0 Å². The summed E-state index contributed by atoms with van der Waals surface area (Å²) in [7, 11) is 0. The molecule has 2 N–H and O–H groups in total. The number of carbonyl (C=O) groups is 2. The maximum atomic E-state index is 12.2. The Kier molecular flexibility index (Phi) is 6.92. The van der Waals surface area contributed by atoms with Crippen LogP contribution in [-0.2, 0) is 9.59 Å². The third-order valence-electron chi connectivity index (χ3n) is 3.43. The fourth-order valence-electron chi connectivity index (χ4n) is 1.99. The van der Waals surface area contributed by atoms with Crippen molar-refractivity contribution in [3.63, 3.8) is 0 Å². The normalized spacial score (nSPS) is 13.1. The summed E-state index contributed by atoms with van der Waals surface area (Å²) in [5, 5.41) is 20.1. The SMILES string of the molecule is Cc1cc(NC(=O)[C@H](C)Sc2nnc(S[C@@H](C)C(=O)Nc3cc(C)no3)s2)on1. The smallest absolute Gasteiger partial charge is 0.240 e. The van der Waals surface area contributed by atoms with Crippen molar-refractivity contribution in [2.24, 2.45) is 0 Å². The van der Waals surface area contributed by atoms with E-state index < -0.39 is 10.5 Å². The molecule has 0 spiro atoms. The maximum Gasteiger partial charge on any atom is 0.240 e. The first-order chi connectivity index (χ1) is 13.8. The van der Waals surface area contributed by atoms with E-state index in [0.29, 0.717) is 31.8 Å². The average Bonchev–Trinajstić information content (AvgIpc) is 3.38. The zero-order chi connectivity index (χ0) is 21.0. The van der Waals surface area contributed by atoms with Gasteiger partial charge in [-0.15, -0.1) is 10.2 Å². The minimum atomic E-state index is -0.415. The summed E-state index contributed by atoms with van der Waals surface area (Å²) in [5.74, 6) is 0.141. The second-order valence-electron chi connectivity index (χ2n) is 6.00. The van der Waals surface area contributed by atoms with Gasteiger partial charge >= 0.3 is 0 Å². The Morgan fingerprint density at radius 2 is 1.31 bits per heavy atom. The van der Waals surface area contributed by atoms with Gasteiger partial charge in [0.1, 0.15) is 0 Å². The number of anilines is 2. The Labute approximate surface area is 178 Å². The number of rotatable bonds is 8. The molecule has 0 unspecified atom stereocenters. The molecule has 10 nitrogen and oxygen atoms in total. The van der Waals surface area contributed by atoms with Gasteiger partial charge in [0.25, 0.3) is 0 Å². The molecule has 29 heavy (non-hydrogen) atoms. The lowest BCUT2D eigenvalue weighted by atomic mass is 10.4. The second-order valence-corrected chi connectivity index (χ2v) is 10.2. The molecule has 0 aliphatic rings. The lowest BCUT2D eigenvalue weighted by Crippen LogP contribution is -2.22. The van der Waals surface area contributed by atoms with E-state index in [-0.39, 0.29) is 11.8 Å². The zero-order valence-corrected chi connectivity index (χ0v) is 18.4. The number of hydrogen-bond acceptors (Lipinski definition) is 11. The summed E-state index contributed by atoms with van der Waals surface area (Å²) in [4.78, 5) is 24.5. The predicted molar refractivity (Wildman–Crippen MR) is 110 cm³/mol. The maximum absolute atomic E-state index is 12.2. The molecule has 3 heterocycles. The third kappa shape index (κ3) is 6.05. The summed E-state index contributed by atoms with van der Waals surface area (Å²) in [6.07, 6.45) is 0. The van der Waals surface area contributed by atoms with Gasteiger partial charge in [0, 0.05) is 12.1 Å². The van der Waals surface area contributed by atoms with Gasteiger partial charge in [0.05, 0.1) is 21.9 Å². The standard InChI is InChI=1S/C16H18N6O4S3/c1-7-5-11(25-21-7)17-13(23)9(3)27-15-19-20-16(29-15)28-10(4)14(24)18-12-6-8(2)22-26-12/h5-6,9-10H,1-4H3,(H,17,23)(H,18,24)/t9-,10-/m0/s1. The van der Waals surface area contributed by atoms with E-state index in [4.69, 9.17) is 9.05 Å². The first-order valence-corrected chi connectivity index (χ1v) is 11.0. The summed E-state index contributed by atoms with van der Waals surface area (Å²) in [6, 6.07) is 3.28. The van der Waals surface area contributed by atoms with Gasteiger partial charge in [-0.3, -0.25) is 20.2 Å². The lowest BCUT2D eigenvalue weighted by Gasteiger charge is -2.08. The molecule has 3 rings (SSSR count). The van der Waals surface area contributed by atoms with Crippen LogP contribution in [0.1, 0.15) is 25.2 Å². The van der Waals surface area contributed by atoms with Crippen LogP contribution in [0.15, 0.2) is 29.9 Å². The van der Waals surface area contributed by atoms with E-state index in [1.54, 1.807) is 39.8 Å². The fourth-order valence-corrected chi connectivity index (χ4v) is 5.30. The Balaban J connectivity index is 1.50. The summed E-state index contributed by atoms with van der Waals surface area (Å²) >= 11 is 3.86. The largest absolute Gasteiger partial charge is 0.338 e. The van der Waals surface area contributed by atoms with Crippen molar-refractivity contribution < 1.29 is 18.6 Å². The van der Waals surface area contributed by atoms with Crippen molar-refractivity contribution in [1.29, 1.82) is 0 Å². The highest BCUT2D eigenvalue weighted by molar-refractivity contribution is 8.04. The number of thioether (sulfide) groups is 2. The molecule has 0 saturated heterocycles. The number of nitrogens with one attached hydrogen (secondary N) is 2. The molecule has 0 aliphatic carbocycles. The summed E-state index contributed by atoms with van der Waals surface area (Å²) in [6.45, 7) is 7.05. The van der Waals surface area contributed by atoms with Crippen LogP contribution in [0.4, 0.5) is 11.8 Å². The molecule has 0 bridgehead atoms. The van der Waals surface area contributed by atoms with Gasteiger partial charge in [0.15, 0.2) is 8.68 Å². The van der Waals surface area contributed by atoms with E-state index >= 15 is 0 Å². The fraction of sp³-hybridized carbons (Fsp3) is 0.375. The second kappa shape index (κ2) is 9.41. The molecular formula is C16H18N6O4S3. The predicted octanol–water partition coefficient (Wildman–Crippen LogP) is 3.37. The monoisotopic (exact) mass is 454 g/mol. The Morgan fingerprint density at radius 1 is 0.897 bits per heavy atom. The molecule has 3 aromatic heterocycles. The minimum Gasteiger partial charge on any atom is -0.338 e. The first-order valence-electron chi connectivity index (χ1n) is 8.45. The molecule has 13 heteroatoms. The van der Waals surface area contributed by atoms with Crippen LogP contribution >= 0.6 is 34.9 Å². The molecule has 0 fully saturated rings. The number of amides is 2. The molecule has 2 amide bonds. The van der Waals surface area contributed by atoms with Crippen molar-refractivity contribution in [2.45, 2.75) is 46.9 Å². The van der Waals surface area contributed by atoms with Crippen LogP contribution in [0.5, 0.6) is 0 Å². The molecule has 0 saturated carbocycles. The van der Waals surface area contributed by atoms with Crippen LogP contribution in [0.25, 0.3) is 0 Å². The minimum absolute atomic E-state index is 0.231. The number of aromatic nitrogens is 4. The van der Waals surface area contributed by atoms with E-state index in [9.17, 15) is 9.59 Å². The number of nitrogens with zero attached hydrogens (tertiary/aromatic N) is 4. The average molecular weight is 455 g/mol. The van der Waals surface area contributed by atoms with Gasteiger partial charge < -0.3 is 9.05 Å². The van der Waals surface area contributed by atoms with E-state index in [0.717, 1.165) is 0 Å². The van der Waals surface area contributed by atoms with Crippen LogP contribution in [-0.4, -0.2) is 42.8 Å². The zero-order valence-electron chi connectivity index (χ0n) is 16.0. The van der Waals surface area contributed by atoms with Crippen molar-refractivity contribution in [1.82, 2.24) is 20.5 Å². The van der Waals surface area contributed by atoms with Crippen molar-refractivity contribution >= 4 is 58.4 Å². The molecule has 0 radical (unpaired) electrons. The van der Waals surface area contributed by atoms with E-state index in [2.05, 4.69) is 31.1 Å². The quantitative estimate of drug-likeness (QED) is 0.487. The Morgan fingerprint density at radius 3 is 1.66 bits per heavy atom.